The van der Waals surface area contributed by atoms with Gasteiger partial charge in [0.15, 0.2) is 0 Å². The predicted molar refractivity (Wildman–Crippen MR) is 40.2 cm³/mol. The Morgan fingerprint density at radius 1 is 1.64 bits per heavy atom. The van der Waals surface area contributed by atoms with E-state index in [2.05, 4.69) is 0 Å². The first kappa shape index (κ1) is 8.53. The van der Waals surface area contributed by atoms with Crippen LogP contribution in [0, 0.1) is 5.92 Å². The molecule has 0 amide bonds. The third kappa shape index (κ3) is 1.71. The van der Waals surface area contributed by atoms with E-state index in [1.165, 1.54) is 0 Å². The maximum Gasteiger partial charge on any atom is 0.306 e. The van der Waals surface area contributed by atoms with Crippen molar-refractivity contribution in [2.75, 3.05) is 0 Å². The Kier molecular flexibility index (Phi) is 2.18. The molecule has 0 aromatic rings. The molecular weight excluding hydrogens is 144 g/mol. The van der Waals surface area contributed by atoms with E-state index in [-0.39, 0.29) is 5.92 Å². The minimum absolute atomic E-state index is 0.299. The third-order valence-electron chi connectivity index (χ3n) is 2.32. The van der Waals surface area contributed by atoms with E-state index in [1.54, 1.807) is 0 Å². The highest BCUT2D eigenvalue weighted by molar-refractivity contribution is 5.71. The van der Waals surface area contributed by atoms with Crippen molar-refractivity contribution in [2.24, 2.45) is 5.92 Å². The zero-order valence-electron chi connectivity index (χ0n) is 6.71. The SMILES string of the molecule is CCCC1(O)CC(C(=O)O)C1. The fourth-order valence-corrected chi connectivity index (χ4v) is 1.70. The summed E-state index contributed by atoms with van der Waals surface area (Å²) >= 11 is 0. The van der Waals surface area contributed by atoms with E-state index in [0.717, 1.165) is 12.8 Å². The first-order chi connectivity index (χ1) is 5.07. The van der Waals surface area contributed by atoms with Crippen LogP contribution in [0.2, 0.25) is 0 Å². The van der Waals surface area contributed by atoms with Gasteiger partial charge in [0.25, 0.3) is 0 Å². The van der Waals surface area contributed by atoms with Crippen LogP contribution in [-0.4, -0.2) is 21.8 Å². The number of hydrogen-bond donors (Lipinski definition) is 2. The van der Waals surface area contributed by atoms with E-state index in [1.807, 2.05) is 6.92 Å². The molecule has 0 spiro atoms. The average Bonchev–Trinajstić information content (AvgIpc) is 1.82. The van der Waals surface area contributed by atoms with Gasteiger partial charge in [0.1, 0.15) is 0 Å². The van der Waals surface area contributed by atoms with Crippen LogP contribution in [0.25, 0.3) is 0 Å². The Bertz CT molecular complexity index is 159. The smallest absolute Gasteiger partial charge is 0.306 e. The van der Waals surface area contributed by atoms with Crippen LogP contribution in [0.5, 0.6) is 0 Å². The average molecular weight is 158 g/mol. The molecule has 0 aromatic heterocycles. The second kappa shape index (κ2) is 2.81. The van der Waals surface area contributed by atoms with Gasteiger partial charge in [-0.15, -0.1) is 0 Å². The van der Waals surface area contributed by atoms with E-state index in [9.17, 15) is 9.90 Å². The van der Waals surface area contributed by atoms with Crippen LogP contribution < -0.4 is 0 Å². The molecule has 0 atom stereocenters. The van der Waals surface area contributed by atoms with Gasteiger partial charge < -0.3 is 10.2 Å². The number of rotatable bonds is 3. The lowest BCUT2D eigenvalue weighted by Gasteiger charge is -2.41. The van der Waals surface area contributed by atoms with E-state index < -0.39 is 11.6 Å². The summed E-state index contributed by atoms with van der Waals surface area (Å²) in [6.45, 7) is 1.99. The quantitative estimate of drug-likeness (QED) is 0.644. The fraction of sp³-hybridized carbons (Fsp3) is 0.875. The molecule has 11 heavy (non-hydrogen) atoms. The first-order valence-corrected chi connectivity index (χ1v) is 4.02. The molecule has 0 radical (unpaired) electrons. The normalized spacial score (nSPS) is 36.4. The predicted octanol–water partition coefficient (Wildman–Crippen LogP) is 1.01. The molecule has 0 aliphatic heterocycles. The van der Waals surface area contributed by atoms with Gasteiger partial charge in [0.05, 0.1) is 11.5 Å². The van der Waals surface area contributed by atoms with Gasteiger partial charge in [-0.05, 0) is 19.3 Å². The third-order valence-corrected chi connectivity index (χ3v) is 2.32. The van der Waals surface area contributed by atoms with E-state index >= 15 is 0 Å². The Labute approximate surface area is 66.0 Å². The van der Waals surface area contributed by atoms with Crippen LogP contribution in [0.1, 0.15) is 32.6 Å². The molecule has 3 nitrogen and oxygen atoms in total. The minimum Gasteiger partial charge on any atom is -0.481 e. The largest absolute Gasteiger partial charge is 0.481 e. The van der Waals surface area contributed by atoms with Gasteiger partial charge in [-0.2, -0.15) is 0 Å². The highest BCUT2D eigenvalue weighted by Crippen LogP contribution is 2.40. The molecule has 0 unspecified atom stereocenters. The van der Waals surface area contributed by atoms with Crippen molar-refractivity contribution >= 4 is 5.97 Å². The lowest BCUT2D eigenvalue weighted by molar-refractivity contribution is -0.159. The Balaban J connectivity index is 2.31. The fourth-order valence-electron chi connectivity index (χ4n) is 1.70. The lowest BCUT2D eigenvalue weighted by Crippen LogP contribution is -2.46. The number of aliphatic carboxylic acids is 1. The molecule has 1 fully saturated rings. The molecule has 1 rings (SSSR count). The summed E-state index contributed by atoms with van der Waals surface area (Å²) in [5, 5.41) is 18.1. The molecule has 0 heterocycles. The van der Waals surface area contributed by atoms with Crippen molar-refractivity contribution in [3.05, 3.63) is 0 Å². The van der Waals surface area contributed by atoms with Crippen molar-refractivity contribution in [1.82, 2.24) is 0 Å². The van der Waals surface area contributed by atoms with Crippen molar-refractivity contribution in [3.63, 3.8) is 0 Å². The van der Waals surface area contributed by atoms with Crippen LogP contribution in [0.4, 0.5) is 0 Å². The molecule has 3 heteroatoms. The van der Waals surface area contributed by atoms with Gasteiger partial charge >= 0.3 is 5.97 Å². The summed E-state index contributed by atoms with van der Waals surface area (Å²) in [5.41, 5.74) is -0.655. The number of carboxylic acids is 1. The summed E-state index contributed by atoms with van der Waals surface area (Å²) in [6, 6.07) is 0. The van der Waals surface area contributed by atoms with Gasteiger partial charge in [0, 0.05) is 0 Å². The summed E-state index contributed by atoms with van der Waals surface area (Å²) in [5.74, 6) is -1.07. The van der Waals surface area contributed by atoms with Gasteiger partial charge in [-0.1, -0.05) is 13.3 Å². The maximum absolute atomic E-state index is 10.4. The summed E-state index contributed by atoms with van der Waals surface area (Å²) in [7, 11) is 0. The molecule has 0 aromatic carbocycles. The molecule has 64 valence electrons. The number of carbonyl (C=O) groups is 1. The monoisotopic (exact) mass is 158 g/mol. The molecule has 2 N–H and O–H groups in total. The number of hydrogen-bond acceptors (Lipinski definition) is 2. The highest BCUT2D eigenvalue weighted by atomic mass is 16.4. The van der Waals surface area contributed by atoms with Crippen molar-refractivity contribution < 1.29 is 15.0 Å². The zero-order chi connectivity index (χ0) is 8.48. The van der Waals surface area contributed by atoms with Crippen molar-refractivity contribution in [2.45, 2.75) is 38.2 Å². The first-order valence-electron chi connectivity index (χ1n) is 4.02. The number of aliphatic hydroxyl groups is 1. The standard InChI is InChI=1S/C8H14O3/c1-2-3-8(11)4-6(5-8)7(9)10/h6,11H,2-5H2,1H3,(H,9,10). The van der Waals surface area contributed by atoms with Crippen LogP contribution in [0.3, 0.4) is 0 Å². The zero-order valence-corrected chi connectivity index (χ0v) is 6.71. The highest BCUT2D eigenvalue weighted by Gasteiger charge is 2.45. The molecule has 1 saturated carbocycles. The lowest BCUT2D eigenvalue weighted by atomic mass is 9.69. The van der Waals surface area contributed by atoms with Crippen molar-refractivity contribution in [1.29, 1.82) is 0 Å². The molecular formula is C8H14O3. The molecule has 1 aliphatic carbocycles. The van der Waals surface area contributed by atoms with Crippen LogP contribution in [0.15, 0.2) is 0 Å². The Morgan fingerprint density at radius 2 is 2.18 bits per heavy atom. The minimum atomic E-state index is -0.772. The topological polar surface area (TPSA) is 57.5 Å². The Morgan fingerprint density at radius 3 is 2.55 bits per heavy atom. The molecule has 0 saturated heterocycles. The summed E-state index contributed by atoms with van der Waals surface area (Å²) in [4.78, 5) is 10.4. The van der Waals surface area contributed by atoms with Crippen molar-refractivity contribution in [3.8, 4) is 0 Å². The van der Waals surface area contributed by atoms with Gasteiger partial charge in [-0.25, -0.2) is 0 Å². The molecule has 1 aliphatic rings. The summed E-state index contributed by atoms with van der Waals surface area (Å²) < 4.78 is 0. The van der Waals surface area contributed by atoms with Crippen LogP contribution >= 0.6 is 0 Å². The second-order valence-electron chi connectivity index (χ2n) is 3.42. The second-order valence-corrected chi connectivity index (χ2v) is 3.42. The maximum atomic E-state index is 10.4. The number of carboxylic acid groups (broad SMARTS) is 1. The summed E-state index contributed by atoms with van der Waals surface area (Å²) in [6.07, 6.45) is 2.53. The van der Waals surface area contributed by atoms with E-state index in [4.69, 9.17) is 5.11 Å². The molecule has 0 bridgehead atoms. The van der Waals surface area contributed by atoms with Gasteiger partial charge in [0.2, 0.25) is 0 Å². The van der Waals surface area contributed by atoms with E-state index in [0.29, 0.717) is 12.8 Å². The van der Waals surface area contributed by atoms with Gasteiger partial charge in [-0.3, -0.25) is 4.79 Å². The Hall–Kier alpha value is -0.570. The van der Waals surface area contributed by atoms with Crippen LogP contribution in [-0.2, 0) is 4.79 Å².